The summed E-state index contributed by atoms with van der Waals surface area (Å²) < 4.78 is 5.84. The summed E-state index contributed by atoms with van der Waals surface area (Å²) in [6.45, 7) is 6.94. The summed E-state index contributed by atoms with van der Waals surface area (Å²) in [5.41, 5.74) is 16.1. The van der Waals surface area contributed by atoms with E-state index in [0.29, 0.717) is 17.7 Å². The fourth-order valence-corrected chi connectivity index (χ4v) is 6.43. The molecule has 0 unspecified atom stereocenters. The predicted octanol–water partition coefficient (Wildman–Crippen LogP) is 5.58. The Labute approximate surface area is 255 Å². The first-order valence-electron chi connectivity index (χ1n) is 15.7. The van der Waals surface area contributed by atoms with Crippen LogP contribution in [-0.4, -0.2) is 64.9 Å². The first-order chi connectivity index (χ1) is 20.9. The molecule has 0 atom stereocenters. The molecule has 3 aromatic rings. The minimum Gasteiger partial charge on any atom is -0.383 e. The quantitative estimate of drug-likeness (QED) is 0.375. The first kappa shape index (κ1) is 30.7. The zero-order valence-electron chi connectivity index (χ0n) is 25.3. The molecular weight excluding hydrogens is 538 g/mol. The highest BCUT2D eigenvalue weighted by molar-refractivity contribution is 5.98. The number of aryl methyl sites for hydroxylation is 1. The van der Waals surface area contributed by atoms with Gasteiger partial charge in [0.25, 0.3) is 11.8 Å². The number of benzene rings is 2. The van der Waals surface area contributed by atoms with Crippen molar-refractivity contribution in [2.75, 3.05) is 31.9 Å². The number of likely N-dealkylation sites (tertiary alicyclic amines) is 2. The lowest BCUT2D eigenvalue weighted by molar-refractivity contribution is 0.0456. The predicted molar refractivity (Wildman–Crippen MR) is 171 cm³/mol. The number of ether oxygens (including phenoxy) is 1. The van der Waals surface area contributed by atoms with Crippen LogP contribution in [0.4, 0.5) is 5.82 Å². The van der Waals surface area contributed by atoms with Crippen LogP contribution in [-0.2, 0) is 11.3 Å². The van der Waals surface area contributed by atoms with E-state index in [0.717, 1.165) is 43.7 Å². The van der Waals surface area contributed by atoms with Crippen molar-refractivity contribution in [3.63, 3.8) is 0 Å². The summed E-state index contributed by atoms with van der Waals surface area (Å²) in [5, 5.41) is 0. The molecule has 1 saturated carbocycles. The molecular formula is C35H45N5O3. The van der Waals surface area contributed by atoms with E-state index in [1.165, 1.54) is 62.7 Å². The van der Waals surface area contributed by atoms with Crippen LogP contribution in [0.3, 0.4) is 0 Å². The molecule has 3 fully saturated rings. The zero-order valence-corrected chi connectivity index (χ0v) is 25.3. The molecule has 0 radical (unpaired) electrons. The molecule has 2 aromatic carbocycles. The van der Waals surface area contributed by atoms with Crippen LogP contribution >= 0.6 is 0 Å². The van der Waals surface area contributed by atoms with Crippen molar-refractivity contribution in [2.45, 2.75) is 77.0 Å². The number of aromatic nitrogens is 1. The molecule has 1 aliphatic carbocycles. The number of nitrogens with two attached hydrogens (primary N) is 2. The number of hydrogen-bond donors (Lipinski definition) is 2. The number of carbonyl (C=O) groups excluding carboxylic acids is 2. The maximum atomic E-state index is 12.9. The lowest BCUT2D eigenvalue weighted by Gasteiger charge is -2.36. The maximum absolute atomic E-state index is 12.9. The van der Waals surface area contributed by atoms with Gasteiger partial charge in [0, 0.05) is 36.5 Å². The van der Waals surface area contributed by atoms with Gasteiger partial charge in [0.15, 0.2) is 0 Å². The van der Waals surface area contributed by atoms with Gasteiger partial charge >= 0.3 is 0 Å². The maximum Gasteiger partial charge on any atom is 0.253 e. The average molecular weight is 584 g/mol. The number of rotatable bonds is 7. The Balaban J connectivity index is 0.000000220. The second kappa shape index (κ2) is 14.6. The Kier molecular flexibility index (Phi) is 10.4. The summed E-state index contributed by atoms with van der Waals surface area (Å²) in [5.74, 6) is -0.420. The molecule has 0 spiro atoms. The van der Waals surface area contributed by atoms with E-state index in [1.54, 1.807) is 12.3 Å². The molecule has 8 heteroatoms. The summed E-state index contributed by atoms with van der Waals surface area (Å²) in [7, 11) is 0. The van der Waals surface area contributed by atoms with Gasteiger partial charge in [0.2, 0.25) is 0 Å². The van der Waals surface area contributed by atoms with Crippen LogP contribution in [0.1, 0.15) is 83.2 Å². The number of primary amides is 1. The van der Waals surface area contributed by atoms with Gasteiger partial charge in [0.05, 0.1) is 18.3 Å². The van der Waals surface area contributed by atoms with Crippen molar-refractivity contribution >= 4 is 17.6 Å². The molecule has 8 nitrogen and oxygen atoms in total. The highest BCUT2D eigenvalue weighted by atomic mass is 16.5. The third-order valence-electron chi connectivity index (χ3n) is 8.93. The van der Waals surface area contributed by atoms with Crippen molar-refractivity contribution < 1.29 is 14.3 Å². The van der Waals surface area contributed by atoms with E-state index in [2.05, 4.69) is 41.1 Å². The molecule has 43 heavy (non-hydrogen) atoms. The Hall–Kier alpha value is -3.75. The van der Waals surface area contributed by atoms with Crippen molar-refractivity contribution in [3.8, 4) is 11.1 Å². The number of nitrogen functional groups attached to an aromatic ring is 1. The zero-order chi connectivity index (χ0) is 30.2. The van der Waals surface area contributed by atoms with E-state index in [-0.39, 0.29) is 17.3 Å². The second-order valence-electron chi connectivity index (χ2n) is 12.1. The second-order valence-corrected chi connectivity index (χ2v) is 12.1. The van der Waals surface area contributed by atoms with Gasteiger partial charge in [-0.15, -0.1) is 0 Å². The average Bonchev–Trinajstić information content (AvgIpc) is 3.76. The first-order valence-corrected chi connectivity index (χ1v) is 15.7. The molecule has 228 valence electrons. The Morgan fingerprint density at radius 3 is 2.23 bits per heavy atom. The summed E-state index contributed by atoms with van der Waals surface area (Å²) in [4.78, 5) is 32.9. The van der Waals surface area contributed by atoms with Gasteiger partial charge < -0.3 is 26.0 Å². The number of nitrogens with zero attached hydrogens (tertiary/aromatic N) is 3. The fraction of sp³-hybridized carbons (Fsp3) is 0.457. The molecule has 6 rings (SSSR count). The molecule has 3 heterocycles. The fourth-order valence-electron chi connectivity index (χ4n) is 6.43. The molecule has 1 aromatic heterocycles. The third kappa shape index (κ3) is 8.21. The molecule has 2 amide bonds. The lowest BCUT2D eigenvalue weighted by atomic mass is 10.0. The highest BCUT2D eigenvalue weighted by Gasteiger charge is 2.28. The SMILES string of the molecule is Cc1cccc(COC2CCCC2)c1.NC(=O)c1cc(-c2ccc(C(=O)N3CCC(N4CCCC4)CC3)cc2)cnc1N. The lowest BCUT2D eigenvalue weighted by Crippen LogP contribution is -2.45. The minimum absolute atomic E-state index is 0.0738. The topological polar surface area (TPSA) is 115 Å². The molecule has 2 aliphatic heterocycles. The van der Waals surface area contributed by atoms with Gasteiger partial charge in [-0.2, -0.15) is 0 Å². The van der Waals surface area contributed by atoms with Gasteiger partial charge in [-0.05, 0) is 87.9 Å². The molecule has 0 bridgehead atoms. The monoisotopic (exact) mass is 583 g/mol. The van der Waals surface area contributed by atoms with Crippen molar-refractivity contribution in [1.29, 1.82) is 0 Å². The van der Waals surface area contributed by atoms with E-state index in [4.69, 9.17) is 16.2 Å². The van der Waals surface area contributed by atoms with Crippen LogP contribution in [0.5, 0.6) is 0 Å². The van der Waals surface area contributed by atoms with Gasteiger partial charge in [-0.25, -0.2) is 4.98 Å². The van der Waals surface area contributed by atoms with Crippen LogP contribution < -0.4 is 11.5 Å². The van der Waals surface area contributed by atoms with Crippen molar-refractivity contribution in [1.82, 2.24) is 14.8 Å². The number of anilines is 1. The molecule has 4 N–H and O–H groups in total. The van der Waals surface area contributed by atoms with Crippen molar-refractivity contribution in [2.24, 2.45) is 5.73 Å². The largest absolute Gasteiger partial charge is 0.383 e. The Morgan fingerprint density at radius 1 is 0.884 bits per heavy atom. The number of pyridine rings is 1. The molecule has 2 saturated heterocycles. The van der Waals surface area contributed by atoms with Gasteiger partial charge in [-0.1, -0.05) is 54.8 Å². The highest BCUT2D eigenvalue weighted by Crippen LogP contribution is 2.25. The van der Waals surface area contributed by atoms with E-state index in [9.17, 15) is 9.59 Å². The van der Waals surface area contributed by atoms with Crippen LogP contribution in [0.2, 0.25) is 0 Å². The van der Waals surface area contributed by atoms with E-state index in [1.807, 2.05) is 29.2 Å². The Morgan fingerprint density at radius 2 is 1.58 bits per heavy atom. The normalized spacial score (nSPS) is 17.9. The van der Waals surface area contributed by atoms with Crippen LogP contribution in [0.15, 0.2) is 60.8 Å². The van der Waals surface area contributed by atoms with Gasteiger partial charge in [0.1, 0.15) is 5.82 Å². The third-order valence-corrected chi connectivity index (χ3v) is 8.93. The van der Waals surface area contributed by atoms with E-state index < -0.39 is 5.91 Å². The summed E-state index contributed by atoms with van der Waals surface area (Å²) >= 11 is 0. The van der Waals surface area contributed by atoms with Crippen LogP contribution in [0.25, 0.3) is 11.1 Å². The summed E-state index contributed by atoms with van der Waals surface area (Å²) in [6.07, 6.45) is 12.0. The Bertz CT molecular complexity index is 1370. The number of carbonyl (C=O) groups is 2. The molecule has 3 aliphatic rings. The smallest absolute Gasteiger partial charge is 0.253 e. The number of piperidine rings is 1. The summed E-state index contributed by atoms with van der Waals surface area (Å²) in [6, 6.07) is 18.2. The standard InChI is InChI=1S/C22H27N5O2.C13H18O/c23-20-19(21(24)28)13-17(14-25-20)15-3-5-16(6-4-15)22(29)27-11-7-18(8-12-27)26-9-1-2-10-26;1-11-5-4-6-12(9-11)10-14-13-7-2-3-8-13/h3-6,13-14,18H,1-2,7-12H2,(H2,23,25)(H2,24,28);4-6,9,13H,2-3,7-8,10H2,1H3. The number of amides is 2. The number of hydrogen-bond acceptors (Lipinski definition) is 6. The van der Waals surface area contributed by atoms with Gasteiger partial charge in [-0.3, -0.25) is 9.59 Å². The minimum atomic E-state index is -0.610. The van der Waals surface area contributed by atoms with E-state index >= 15 is 0 Å². The van der Waals surface area contributed by atoms with Crippen molar-refractivity contribution in [3.05, 3.63) is 83.0 Å². The van der Waals surface area contributed by atoms with Crippen LogP contribution in [0, 0.1) is 6.92 Å².